The highest BCUT2D eigenvalue weighted by molar-refractivity contribution is 5.58. The fraction of sp³-hybridized carbons (Fsp3) is 0.714. The summed E-state index contributed by atoms with van der Waals surface area (Å²) in [7, 11) is 0. The Kier molecular flexibility index (Phi) is 4.39. The number of hydrogen-bond donors (Lipinski definition) is 2. The van der Waals surface area contributed by atoms with Crippen LogP contribution >= 0.6 is 0 Å². The average molecular weight is 248 g/mol. The summed E-state index contributed by atoms with van der Waals surface area (Å²) >= 11 is 0. The van der Waals surface area contributed by atoms with Gasteiger partial charge in [0, 0.05) is 18.2 Å². The van der Waals surface area contributed by atoms with Gasteiger partial charge in [0.1, 0.15) is 18.0 Å². The molecule has 0 bridgehead atoms. The van der Waals surface area contributed by atoms with Crippen molar-refractivity contribution in [2.45, 2.75) is 52.5 Å². The molecule has 0 amide bonds. The summed E-state index contributed by atoms with van der Waals surface area (Å²) < 4.78 is 0. The van der Waals surface area contributed by atoms with E-state index in [2.05, 4.69) is 41.4 Å². The Hall–Kier alpha value is -1.32. The lowest BCUT2D eigenvalue weighted by Gasteiger charge is -2.14. The Bertz CT molecular complexity index is 391. The first-order chi connectivity index (χ1) is 8.76. The highest BCUT2D eigenvalue weighted by atomic mass is 15.1. The van der Waals surface area contributed by atoms with Crippen molar-refractivity contribution in [3.63, 3.8) is 0 Å². The van der Waals surface area contributed by atoms with Gasteiger partial charge in [-0.25, -0.2) is 9.97 Å². The van der Waals surface area contributed by atoms with Crippen molar-refractivity contribution in [3.8, 4) is 0 Å². The molecule has 0 aliphatic heterocycles. The van der Waals surface area contributed by atoms with Gasteiger partial charge in [-0.2, -0.15) is 0 Å². The zero-order valence-electron chi connectivity index (χ0n) is 11.7. The molecule has 18 heavy (non-hydrogen) atoms. The summed E-state index contributed by atoms with van der Waals surface area (Å²) in [6.07, 6.45) is 6.16. The highest BCUT2D eigenvalue weighted by Crippen LogP contribution is 2.34. The van der Waals surface area contributed by atoms with Crippen LogP contribution in [0.4, 0.5) is 11.6 Å². The van der Waals surface area contributed by atoms with E-state index >= 15 is 0 Å². The molecule has 0 radical (unpaired) electrons. The third kappa shape index (κ3) is 3.12. The molecule has 1 aliphatic rings. The van der Waals surface area contributed by atoms with E-state index in [9.17, 15) is 0 Å². The molecule has 100 valence electrons. The van der Waals surface area contributed by atoms with Gasteiger partial charge < -0.3 is 10.6 Å². The van der Waals surface area contributed by atoms with Crippen LogP contribution in [0, 0.1) is 5.92 Å². The molecule has 2 unspecified atom stereocenters. The lowest BCUT2D eigenvalue weighted by Crippen LogP contribution is -2.12. The molecule has 4 heteroatoms. The fourth-order valence-corrected chi connectivity index (χ4v) is 2.12. The Morgan fingerprint density at radius 1 is 1.22 bits per heavy atom. The summed E-state index contributed by atoms with van der Waals surface area (Å²) in [5.74, 6) is 2.81. The first kappa shape index (κ1) is 13.1. The van der Waals surface area contributed by atoms with Gasteiger partial charge in [0.2, 0.25) is 0 Å². The van der Waals surface area contributed by atoms with Crippen LogP contribution in [-0.2, 0) is 6.42 Å². The van der Waals surface area contributed by atoms with E-state index in [0.717, 1.165) is 43.4 Å². The molecular formula is C14H24N4. The van der Waals surface area contributed by atoms with Crippen molar-refractivity contribution in [1.82, 2.24) is 9.97 Å². The van der Waals surface area contributed by atoms with Crippen LogP contribution < -0.4 is 10.6 Å². The third-order valence-corrected chi connectivity index (χ3v) is 3.42. The molecule has 0 aromatic carbocycles. The average Bonchev–Trinajstić information content (AvgIpc) is 3.05. The van der Waals surface area contributed by atoms with Crippen molar-refractivity contribution in [3.05, 3.63) is 11.9 Å². The molecule has 2 N–H and O–H groups in total. The zero-order valence-corrected chi connectivity index (χ0v) is 11.7. The van der Waals surface area contributed by atoms with E-state index < -0.39 is 0 Å². The molecule has 1 fully saturated rings. The van der Waals surface area contributed by atoms with Crippen LogP contribution in [-0.4, -0.2) is 22.6 Å². The van der Waals surface area contributed by atoms with Crippen LogP contribution in [0.5, 0.6) is 0 Å². The SMILES string of the molecule is CCCNc1ncnc(NC2CC2C)c1CCC. The van der Waals surface area contributed by atoms with Gasteiger partial charge in [0.25, 0.3) is 0 Å². The zero-order chi connectivity index (χ0) is 13.0. The largest absolute Gasteiger partial charge is 0.370 e. The molecule has 0 saturated heterocycles. The lowest BCUT2D eigenvalue weighted by molar-refractivity contribution is 0.875. The minimum atomic E-state index is 0.606. The second kappa shape index (κ2) is 6.03. The van der Waals surface area contributed by atoms with Crippen molar-refractivity contribution < 1.29 is 0 Å². The van der Waals surface area contributed by atoms with E-state index in [-0.39, 0.29) is 0 Å². The number of nitrogens with one attached hydrogen (secondary N) is 2. The maximum Gasteiger partial charge on any atom is 0.134 e. The molecule has 2 atom stereocenters. The first-order valence-corrected chi connectivity index (χ1v) is 7.10. The minimum absolute atomic E-state index is 0.606. The molecule has 4 nitrogen and oxygen atoms in total. The van der Waals surface area contributed by atoms with Crippen LogP contribution in [0.3, 0.4) is 0 Å². The molecule has 2 rings (SSSR count). The van der Waals surface area contributed by atoms with Crippen LogP contribution in [0.1, 0.15) is 45.6 Å². The Balaban J connectivity index is 2.15. The maximum absolute atomic E-state index is 4.42. The number of aromatic nitrogens is 2. The Morgan fingerprint density at radius 2 is 1.94 bits per heavy atom. The monoisotopic (exact) mass is 248 g/mol. The fourth-order valence-electron chi connectivity index (χ4n) is 2.12. The second-order valence-electron chi connectivity index (χ2n) is 5.19. The maximum atomic E-state index is 4.42. The number of rotatable bonds is 7. The van der Waals surface area contributed by atoms with Gasteiger partial charge in [-0.3, -0.25) is 0 Å². The summed E-state index contributed by atoms with van der Waals surface area (Å²) in [6, 6.07) is 0.606. The number of anilines is 2. The van der Waals surface area contributed by atoms with Crippen molar-refractivity contribution >= 4 is 11.6 Å². The van der Waals surface area contributed by atoms with Gasteiger partial charge in [0.15, 0.2) is 0 Å². The van der Waals surface area contributed by atoms with E-state index in [1.165, 1.54) is 12.0 Å². The van der Waals surface area contributed by atoms with Gasteiger partial charge in [-0.15, -0.1) is 0 Å². The Morgan fingerprint density at radius 3 is 2.56 bits per heavy atom. The van der Waals surface area contributed by atoms with Crippen molar-refractivity contribution in [2.24, 2.45) is 5.92 Å². The van der Waals surface area contributed by atoms with Gasteiger partial charge in [0.05, 0.1) is 0 Å². The summed E-state index contributed by atoms with van der Waals surface area (Å²) in [6.45, 7) is 7.60. The van der Waals surface area contributed by atoms with Gasteiger partial charge >= 0.3 is 0 Å². The molecule has 1 heterocycles. The van der Waals surface area contributed by atoms with Crippen LogP contribution in [0.2, 0.25) is 0 Å². The predicted molar refractivity (Wildman–Crippen MR) is 76.0 cm³/mol. The van der Waals surface area contributed by atoms with E-state index in [1.807, 2.05) is 0 Å². The van der Waals surface area contributed by atoms with Gasteiger partial charge in [-0.05, 0) is 25.2 Å². The Labute approximate surface area is 110 Å². The molecule has 1 aromatic heterocycles. The normalized spacial score (nSPS) is 21.7. The standard InChI is InChI=1S/C14H24N4/c1-4-6-11-13(15-7-5-2)16-9-17-14(11)18-12-8-10(12)3/h9-10,12H,4-8H2,1-3H3,(H2,15,16,17,18). The quantitative estimate of drug-likeness (QED) is 0.778. The minimum Gasteiger partial charge on any atom is -0.370 e. The van der Waals surface area contributed by atoms with Crippen molar-refractivity contribution in [2.75, 3.05) is 17.2 Å². The molecule has 1 aromatic rings. The van der Waals surface area contributed by atoms with Crippen molar-refractivity contribution in [1.29, 1.82) is 0 Å². The number of hydrogen-bond acceptors (Lipinski definition) is 4. The van der Waals surface area contributed by atoms with E-state index in [1.54, 1.807) is 6.33 Å². The molecule has 1 aliphatic carbocycles. The smallest absolute Gasteiger partial charge is 0.134 e. The highest BCUT2D eigenvalue weighted by Gasteiger charge is 2.33. The third-order valence-electron chi connectivity index (χ3n) is 3.42. The predicted octanol–water partition coefficient (Wildman–Crippen LogP) is 3.07. The topological polar surface area (TPSA) is 49.8 Å². The van der Waals surface area contributed by atoms with Crippen LogP contribution in [0.15, 0.2) is 6.33 Å². The molecule has 1 saturated carbocycles. The number of nitrogens with zero attached hydrogens (tertiary/aromatic N) is 2. The summed E-state index contributed by atoms with van der Waals surface area (Å²) in [5, 5.41) is 6.95. The molecular weight excluding hydrogens is 224 g/mol. The van der Waals surface area contributed by atoms with E-state index in [4.69, 9.17) is 0 Å². The lowest BCUT2D eigenvalue weighted by atomic mass is 10.1. The first-order valence-electron chi connectivity index (χ1n) is 7.10. The van der Waals surface area contributed by atoms with Crippen LogP contribution in [0.25, 0.3) is 0 Å². The van der Waals surface area contributed by atoms with E-state index in [0.29, 0.717) is 6.04 Å². The summed E-state index contributed by atoms with van der Waals surface area (Å²) in [4.78, 5) is 8.80. The van der Waals surface area contributed by atoms with Gasteiger partial charge in [-0.1, -0.05) is 27.2 Å². The summed E-state index contributed by atoms with van der Waals surface area (Å²) in [5.41, 5.74) is 1.24. The molecule has 0 spiro atoms. The second-order valence-corrected chi connectivity index (χ2v) is 5.19.